The van der Waals surface area contributed by atoms with Crippen molar-refractivity contribution in [1.82, 2.24) is 0 Å². The van der Waals surface area contributed by atoms with Crippen molar-refractivity contribution in [3.05, 3.63) is 53.4 Å². The Bertz CT molecular complexity index is 744. The first-order chi connectivity index (χ1) is 9.29. The summed E-state index contributed by atoms with van der Waals surface area (Å²) >= 11 is 1.61. The number of fused-ring (bicyclic) bond motifs is 1. The molecule has 0 aliphatic carbocycles. The van der Waals surface area contributed by atoms with E-state index in [1.54, 1.807) is 23.5 Å². The van der Waals surface area contributed by atoms with E-state index in [0.29, 0.717) is 0 Å². The molecule has 1 aromatic heterocycles. The highest BCUT2D eigenvalue weighted by Crippen LogP contribution is 2.34. The maximum atomic E-state index is 9.35. The number of hydrogen-bond donors (Lipinski definition) is 2. The van der Waals surface area contributed by atoms with Crippen molar-refractivity contribution in [3.8, 4) is 16.9 Å². The van der Waals surface area contributed by atoms with Gasteiger partial charge in [0, 0.05) is 15.6 Å². The van der Waals surface area contributed by atoms with Crippen molar-refractivity contribution in [1.29, 1.82) is 0 Å². The van der Waals surface area contributed by atoms with Crippen molar-refractivity contribution in [2.24, 2.45) is 5.16 Å². The number of thiophene rings is 1. The van der Waals surface area contributed by atoms with E-state index < -0.39 is 0 Å². The lowest BCUT2D eigenvalue weighted by Crippen LogP contribution is -1.84. The summed E-state index contributed by atoms with van der Waals surface area (Å²) < 4.78 is 1.09. The summed E-state index contributed by atoms with van der Waals surface area (Å²) in [5.41, 5.74) is 3.05. The lowest BCUT2D eigenvalue weighted by molar-refractivity contribution is 0.322. The molecule has 0 spiro atoms. The van der Waals surface area contributed by atoms with Crippen molar-refractivity contribution in [3.63, 3.8) is 0 Å². The first-order valence-corrected chi connectivity index (χ1v) is 6.64. The highest BCUT2D eigenvalue weighted by atomic mass is 32.1. The molecule has 3 rings (SSSR count). The summed E-state index contributed by atoms with van der Waals surface area (Å²) in [6, 6.07) is 13.1. The van der Waals surface area contributed by atoms with Gasteiger partial charge in [0.05, 0.1) is 6.21 Å². The topological polar surface area (TPSA) is 52.8 Å². The highest BCUT2D eigenvalue weighted by Gasteiger charge is 2.08. The van der Waals surface area contributed by atoms with Crippen LogP contribution in [0.25, 0.3) is 21.2 Å². The molecule has 3 nitrogen and oxygen atoms in total. The molecule has 19 heavy (non-hydrogen) atoms. The van der Waals surface area contributed by atoms with Gasteiger partial charge in [0.25, 0.3) is 0 Å². The number of phenols is 1. The van der Waals surface area contributed by atoms with E-state index in [1.165, 1.54) is 6.21 Å². The van der Waals surface area contributed by atoms with E-state index in [0.717, 1.165) is 26.8 Å². The van der Waals surface area contributed by atoms with Gasteiger partial charge in [-0.15, -0.1) is 11.3 Å². The van der Waals surface area contributed by atoms with Gasteiger partial charge in [0.15, 0.2) is 0 Å². The van der Waals surface area contributed by atoms with Crippen LogP contribution in [-0.2, 0) is 0 Å². The van der Waals surface area contributed by atoms with E-state index in [-0.39, 0.29) is 5.75 Å². The molecule has 0 unspecified atom stereocenters. The summed E-state index contributed by atoms with van der Waals surface area (Å²) in [6.45, 7) is 0. The Morgan fingerprint density at radius 3 is 2.53 bits per heavy atom. The summed E-state index contributed by atoms with van der Waals surface area (Å²) in [6.07, 6.45) is 1.44. The predicted octanol–water partition coefficient (Wildman–Crippen LogP) is 4.08. The number of phenolic OH excluding ortho intramolecular Hbond substituents is 1. The number of nitrogens with zero attached hydrogens (tertiary/aromatic N) is 1. The number of rotatable bonds is 2. The quantitative estimate of drug-likeness (QED) is 0.418. The van der Waals surface area contributed by atoms with Crippen molar-refractivity contribution in [2.45, 2.75) is 0 Å². The monoisotopic (exact) mass is 269 g/mol. The van der Waals surface area contributed by atoms with Crippen LogP contribution in [0, 0.1) is 0 Å². The normalized spacial score (nSPS) is 11.4. The van der Waals surface area contributed by atoms with Gasteiger partial charge in [-0.05, 0) is 34.7 Å². The fourth-order valence-electron chi connectivity index (χ4n) is 2.14. The molecule has 3 aromatic rings. The Morgan fingerprint density at radius 1 is 1.00 bits per heavy atom. The lowest BCUT2D eigenvalue weighted by atomic mass is 10.00. The van der Waals surface area contributed by atoms with Crippen molar-refractivity contribution >= 4 is 27.6 Å². The summed E-state index contributed by atoms with van der Waals surface area (Å²) in [4.78, 5) is 0. The minimum Gasteiger partial charge on any atom is -0.508 e. The minimum absolute atomic E-state index is 0.259. The van der Waals surface area contributed by atoms with Crippen LogP contribution in [0.15, 0.2) is 53.0 Å². The SMILES string of the molecule is O/N=C/c1ccc(-c2ccc(O)cc2)c2ccsc12. The van der Waals surface area contributed by atoms with Gasteiger partial charge < -0.3 is 10.3 Å². The molecule has 4 heteroatoms. The molecule has 2 aromatic carbocycles. The highest BCUT2D eigenvalue weighted by molar-refractivity contribution is 7.17. The molecular formula is C15H11NO2S. The van der Waals surface area contributed by atoms with E-state index in [4.69, 9.17) is 5.21 Å². The van der Waals surface area contributed by atoms with Crippen LogP contribution in [0.4, 0.5) is 0 Å². The Hall–Kier alpha value is -2.33. The third-order valence-electron chi connectivity index (χ3n) is 3.02. The Balaban J connectivity index is 2.23. The minimum atomic E-state index is 0.259. The molecule has 94 valence electrons. The molecule has 0 amide bonds. The number of hydrogen-bond acceptors (Lipinski definition) is 4. The molecule has 0 aliphatic heterocycles. The fourth-order valence-corrected chi connectivity index (χ4v) is 3.04. The van der Waals surface area contributed by atoms with Crippen LogP contribution >= 0.6 is 11.3 Å². The van der Waals surface area contributed by atoms with Crippen LogP contribution < -0.4 is 0 Å². The molecule has 1 heterocycles. The molecule has 0 saturated heterocycles. The van der Waals surface area contributed by atoms with Crippen LogP contribution in [-0.4, -0.2) is 16.5 Å². The van der Waals surface area contributed by atoms with Crippen LogP contribution in [0.5, 0.6) is 5.75 Å². The van der Waals surface area contributed by atoms with E-state index >= 15 is 0 Å². The maximum absolute atomic E-state index is 9.35. The first-order valence-electron chi connectivity index (χ1n) is 5.76. The second-order valence-electron chi connectivity index (χ2n) is 4.16. The third-order valence-corrected chi connectivity index (χ3v) is 3.99. The van der Waals surface area contributed by atoms with Crippen LogP contribution in [0.2, 0.25) is 0 Å². The van der Waals surface area contributed by atoms with Crippen LogP contribution in [0.3, 0.4) is 0 Å². The van der Waals surface area contributed by atoms with Gasteiger partial charge in [0.2, 0.25) is 0 Å². The van der Waals surface area contributed by atoms with Gasteiger partial charge >= 0.3 is 0 Å². The number of benzene rings is 2. The van der Waals surface area contributed by atoms with Crippen LogP contribution in [0.1, 0.15) is 5.56 Å². The van der Waals surface area contributed by atoms with E-state index in [1.807, 2.05) is 29.6 Å². The Labute approximate surface area is 114 Å². The third kappa shape index (κ3) is 2.06. The first kappa shape index (κ1) is 11.7. The van der Waals surface area contributed by atoms with Crippen molar-refractivity contribution in [2.75, 3.05) is 0 Å². The Morgan fingerprint density at radius 2 is 1.79 bits per heavy atom. The molecule has 0 saturated carbocycles. The van der Waals surface area contributed by atoms with Gasteiger partial charge in [-0.3, -0.25) is 0 Å². The molecule has 0 aliphatic rings. The fraction of sp³-hybridized carbons (Fsp3) is 0. The molecular weight excluding hydrogens is 258 g/mol. The number of aromatic hydroxyl groups is 1. The second kappa shape index (κ2) is 4.74. The largest absolute Gasteiger partial charge is 0.508 e. The lowest BCUT2D eigenvalue weighted by Gasteiger charge is -2.06. The molecule has 0 bridgehead atoms. The van der Waals surface area contributed by atoms with Crippen molar-refractivity contribution < 1.29 is 10.3 Å². The van der Waals surface area contributed by atoms with Gasteiger partial charge in [-0.2, -0.15) is 0 Å². The molecule has 0 radical (unpaired) electrons. The summed E-state index contributed by atoms with van der Waals surface area (Å²) in [7, 11) is 0. The summed E-state index contributed by atoms with van der Waals surface area (Å²) in [5, 5.41) is 24.3. The second-order valence-corrected chi connectivity index (χ2v) is 5.07. The standard InChI is InChI=1S/C15H11NO2S/c17-12-4-1-10(2-5-12)13-6-3-11(9-16-18)15-14(13)7-8-19-15/h1-9,17-18H/b16-9+. The number of oxime groups is 1. The average molecular weight is 269 g/mol. The molecule has 0 atom stereocenters. The van der Waals surface area contributed by atoms with E-state index in [2.05, 4.69) is 11.2 Å². The van der Waals surface area contributed by atoms with Gasteiger partial charge in [0.1, 0.15) is 5.75 Å². The zero-order valence-corrected chi connectivity index (χ0v) is 10.8. The van der Waals surface area contributed by atoms with Gasteiger partial charge in [-0.1, -0.05) is 29.4 Å². The predicted molar refractivity (Wildman–Crippen MR) is 78.3 cm³/mol. The Kier molecular flexibility index (Phi) is 2.93. The average Bonchev–Trinajstić information content (AvgIpc) is 2.90. The van der Waals surface area contributed by atoms with Gasteiger partial charge in [-0.25, -0.2) is 0 Å². The maximum Gasteiger partial charge on any atom is 0.115 e. The zero-order chi connectivity index (χ0) is 13.2. The smallest absolute Gasteiger partial charge is 0.115 e. The molecule has 2 N–H and O–H groups in total. The van der Waals surface area contributed by atoms with E-state index in [9.17, 15) is 5.11 Å². The summed E-state index contributed by atoms with van der Waals surface area (Å²) in [5.74, 6) is 0.259. The zero-order valence-electron chi connectivity index (χ0n) is 9.95. The molecule has 0 fully saturated rings.